The fraction of sp³-hybridized carbons (Fsp3) is 0.600. The van der Waals surface area contributed by atoms with Crippen molar-refractivity contribution >= 4 is 35.9 Å². The standard InChI is InChI=1S/C20H31N3O4.HI/c1-4-21-20(23-12-6-7-16(14-23)19(25)27-5-2)22-13-18(24)15-8-10-17(26-3)11-9-15;/h8-11,16,18,24H,4-7,12-14H2,1-3H3,(H,21,22);1H. The Bertz CT molecular complexity index is 624. The number of carbonyl (C=O) groups excluding carboxylic acids is 1. The fourth-order valence-corrected chi connectivity index (χ4v) is 3.15. The summed E-state index contributed by atoms with van der Waals surface area (Å²) in [5.41, 5.74) is 0.790. The van der Waals surface area contributed by atoms with E-state index in [0.717, 1.165) is 43.2 Å². The molecule has 2 rings (SSSR count). The van der Waals surface area contributed by atoms with Gasteiger partial charge in [0.2, 0.25) is 0 Å². The Balaban J connectivity index is 0.00000392. The molecule has 158 valence electrons. The summed E-state index contributed by atoms with van der Waals surface area (Å²) in [6.45, 7) is 6.61. The number of aliphatic hydroxyl groups is 1. The third-order valence-corrected chi connectivity index (χ3v) is 4.59. The van der Waals surface area contributed by atoms with Crippen LogP contribution in [0.4, 0.5) is 0 Å². The first-order chi connectivity index (χ1) is 13.1. The van der Waals surface area contributed by atoms with Crippen LogP contribution in [0, 0.1) is 5.92 Å². The van der Waals surface area contributed by atoms with Crippen LogP contribution in [0.1, 0.15) is 38.4 Å². The van der Waals surface area contributed by atoms with Gasteiger partial charge in [0, 0.05) is 19.6 Å². The number of carbonyl (C=O) groups is 1. The molecule has 1 aliphatic rings. The monoisotopic (exact) mass is 505 g/mol. The molecule has 1 aliphatic heterocycles. The van der Waals surface area contributed by atoms with Crippen LogP contribution in [0.2, 0.25) is 0 Å². The minimum atomic E-state index is -0.699. The Labute approximate surface area is 184 Å². The number of benzene rings is 1. The summed E-state index contributed by atoms with van der Waals surface area (Å²) in [6, 6.07) is 7.32. The molecule has 2 unspecified atom stereocenters. The zero-order chi connectivity index (χ0) is 19.6. The van der Waals surface area contributed by atoms with Gasteiger partial charge in [-0.2, -0.15) is 0 Å². The number of aliphatic hydroxyl groups excluding tert-OH is 1. The molecule has 1 aromatic carbocycles. The van der Waals surface area contributed by atoms with Crippen molar-refractivity contribution in [2.45, 2.75) is 32.8 Å². The molecule has 1 aromatic rings. The number of methoxy groups -OCH3 is 1. The number of halogens is 1. The first-order valence-corrected chi connectivity index (χ1v) is 9.60. The van der Waals surface area contributed by atoms with Gasteiger partial charge in [-0.3, -0.25) is 9.79 Å². The van der Waals surface area contributed by atoms with Crippen LogP contribution in [0.3, 0.4) is 0 Å². The van der Waals surface area contributed by atoms with Crippen molar-refractivity contribution in [3.8, 4) is 5.75 Å². The van der Waals surface area contributed by atoms with Gasteiger partial charge in [-0.05, 0) is 44.4 Å². The molecule has 0 bridgehead atoms. The van der Waals surface area contributed by atoms with Crippen molar-refractivity contribution < 1.29 is 19.4 Å². The first-order valence-electron chi connectivity index (χ1n) is 9.60. The quantitative estimate of drug-likeness (QED) is 0.257. The molecule has 1 fully saturated rings. The van der Waals surface area contributed by atoms with Gasteiger partial charge in [-0.25, -0.2) is 0 Å². The Morgan fingerprint density at radius 2 is 2.07 bits per heavy atom. The third-order valence-electron chi connectivity index (χ3n) is 4.59. The zero-order valence-corrected chi connectivity index (χ0v) is 19.2. The average molecular weight is 505 g/mol. The summed E-state index contributed by atoms with van der Waals surface area (Å²) in [5.74, 6) is 1.20. The lowest BCUT2D eigenvalue weighted by atomic mass is 9.98. The van der Waals surface area contributed by atoms with E-state index in [4.69, 9.17) is 9.47 Å². The van der Waals surface area contributed by atoms with Crippen molar-refractivity contribution in [2.24, 2.45) is 10.9 Å². The summed E-state index contributed by atoms with van der Waals surface area (Å²) >= 11 is 0. The van der Waals surface area contributed by atoms with E-state index >= 15 is 0 Å². The molecule has 0 saturated carbocycles. The maximum absolute atomic E-state index is 12.1. The van der Waals surface area contributed by atoms with Gasteiger partial charge in [0.05, 0.1) is 32.3 Å². The Morgan fingerprint density at radius 1 is 1.36 bits per heavy atom. The highest BCUT2D eigenvalue weighted by molar-refractivity contribution is 14.0. The summed E-state index contributed by atoms with van der Waals surface area (Å²) in [7, 11) is 1.61. The highest BCUT2D eigenvalue weighted by Gasteiger charge is 2.28. The minimum absolute atomic E-state index is 0. The van der Waals surface area contributed by atoms with Crippen LogP contribution in [0.5, 0.6) is 5.75 Å². The molecule has 1 saturated heterocycles. The Morgan fingerprint density at radius 3 is 2.68 bits per heavy atom. The molecular weight excluding hydrogens is 473 g/mol. The van der Waals surface area contributed by atoms with E-state index < -0.39 is 6.10 Å². The molecule has 8 heteroatoms. The van der Waals surface area contributed by atoms with Gasteiger partial charge in [-0.15, -0.1) is 24.0 Å². The van der Waals surface area contributed by atoms with Gasteiger partial charge in [0.1, 0.15) is 5.75 Å². The lowest BCUT2D eigenvalue weighted by Crippen LogP contribution is -2.48. The number of aliphatic imine (C=N–C) groups is 1. The molecule has 2 atom stereocenters. The van der Waals surface area contributed by atoms with Gasteiger partial charge < -0.3 is 24.8 Å². The fourth-order valence-electron chi connectivity index (χ4n) is 3.15. The summed E-state index contributed by atoms with van der Waals surface area (Å²) in [5, 5.41) is 13.7. The molecular formula is C20H32IN3O4. The number of piperidine rings is 1. The number of nitrogens with one attached hydrogen (secondary N) is 1. The molecule has 1 heterocycles. The van der Waals surface area contributed by atoms with Crippen LogP contribution in [0.25, 0.3) is 0 Å². The summed E-state index contributed by atoms with van der Waals surface area (Å²) in [6.07, 6.45) is 1.05. The van der Waals surface area contributed by atoms with Gasteiger partial charge in [0.15, 0.2) is 5.96 Å². The maximum Gasteiger partial charge on any atom is 0.310 e. The Hall–Kier alpha value is -1.55. The number of likely N-dealkylation sites (tertiary alicyclic amines) is 1. The summed E-state index contributed by atoms with van der Waals surface area (Å²) in [4.78, 5) is 18.7. The first kappa shape index (κ1) is 24.5. The normalized spacial score (nSPS) is 18.1. The number of esters is 1. The predicted molar refractivity (Wildman–Crippen MR) is 120 cm³/mol. The number of hydrogen-bond donors (Lipinski definition) is 2. The molecule has 0 aromatic heterocycles. The second kappa shape index (κ2) is 12.8. The number of guanidine groups is 1. The molecule has 0 aliphatic carbocycles. The Kier molecular flexibility index (Phi) is 11.2. The SMILES string of the molecule is CCNC(=NCC(O)c1ccc(OC)cc1)N1CCCC(C(=O)OCC)C1.I. The number of rotatable bonds is 7. The van der Waals surface area contributed by atoms with Crippen molar-refractivity contribution in [1.29, 1.82) is 0 Å². The molecule has 0 radical (unpaired) electrons. The van der Waals surface area contributed by atoms with Crippen molar-refractivity contribution in [2.75, 3.05) is 39.9 Å². The van der Waals surface area contributed by atoms with E-state index in [2.05, 4.69) is 15.2 Å². The van der Waals surface area contributed by atoms with Crippen molar-refractivity contribution in [3.05, 3.63) is 29.8 Å². The number of hydrogen-bond acceptors (Lipinski definition) is 5. The lowest BCUT2D eigenvalue weighted by molar-refractivity contribution is -0.149. The van der Waals surface area contributed by atoms with Crippen molar-refractivity contribution in [1.82, 2.24) is 10.2 Å². The second-order valence-electron chi connectivity index (χ2n) is 6.52. The lowest BCUT2D eigenvalue weighted by Gasteiger charge is -2.34. The molecule has 0 spiro atoms. The topological polar surface area (TPSA) is 83.4 Å². The smallest absolute Gasteiger partial charge is 0.310 e. The average Bonchev–Trinajstić information content (AvgIpc) is 2.71. The molecule has 0 amide bonds. The molecule has 28 heavy (non-hydrogen) atoms. The van der Waals surface area contributed by atoms with Crippen molar-refractivity contribution in [3.63, 3.8) is 0 Å². The van der Waals surface area contributed by atoms with Crippen LogP contribution >= 0.6 is 24.0 Å². The van der Waals surface area contributed by atoms with Gasteiger partial charge >= 0.3 is 5.97 Å². The zero-order valence-electron chi connectivity index (χ0n) is 16.9. The minimum Gasteiger partial charge on any atom is -0.497 e. The summed E-state index contributed by atoms with van der Waals surface area (Å²) < 4.78 is 10.3. The van der Waals surface area contributed by atoms with Crippen LogP contribution in [-0.2, 0) is 9.53 Å². The van der Waals surface area contributed by atoms with Crippen LogP contribution in [0.15, 0.2) is 29.3 Å². The largest absolute Gasteiger partial charge is 0.497 e. The van der Waals surface area contributed by atoms with E-state index in [1.807, 2.05) is 38.1 Å². The number of ether oxygens (including phenoxy) is 2. The van der Waals surface area contributed by atoms with E-state index in [9.17, 15) is 9.90 Å². The van der Waals surface area contributed by atoms with Gasteiger partial charge in [-0.1, -0.05) is 12.1 Å². The van der Waals surface area contributed by atoms with Crippen LogP contribution < -0.4 is 10.1 Å². The molecule has 7 nitrogen and oxygen atoms in total. The molecule has 2 N–H and O–H groups in total. The van der Waals surface area contributed by atoms with Gasteiger partial charge in [0.25, 0.3) is 0 Å². The highest BCUT2D eigenvalue weighted by Crippen LogP contribution is 2.20. The van der Waals surface area contributed by atoms with E-state index in [1.54, 1.807) is 7.11 Å². The second-order valence-corrected chi connectivity index (χ2v) is 6.52. The third kappa shape index (κ3) is 7.12. The highest BCUT2D eigenvalue weighted by atomic mass is 127. The van der Waals surface area contributed by atoms with E-state index in [-0.39, 0.29) is 42.4 Å². The van der Waals surface area contributed by atoms with Crippen LogP contribution in [-0.4, -0.2) is 61.8 Å². The number of nitrogens with zero attached hydrogens (tertiary/aromatic N) is 2. The predicted octanol–water partition coefficient (Wildman–Crippen LogP) is 2.59. The van der Waals surface area contributed by atoms with E-state index in [0.29, 0.717) is 13.2 Å². The maximum atomic E-state index is 12.1. The van der Waals surface area contributed by atoms with E-state index in [1.165, 1.54) is 0 Å².